The first kappa shape index (κ1) is 25.7. The molecule has 0 N–H and O–H groups in total. The molecule has 0 amide bonds. The Balaban J connectivity index is 1.75. The minimum absolute atomic E-state index is 0.157. The average molecular weight is 486 g/mol. The van der Waals surface area contributed by atoms with E-state index in [0.29, 0.717) is 18.6 Å². The lowest BCUT2D eigenvalue weighted by Crippen LogP contribution is -2.40. The Morgan fingerprint density at radius 1 is 0.647 bits per heavy atom. The number of alkyl halides is 6. The largest absolute Gasteiger partial charge is 0.426 e. The zero-order valence-electron chi connectivity index (χ0n) is 18.2. The standard InChI is InChI=1S/C26H22F8/c1-2-3-16-4-6-17(7-5-16)8-9-18-10-12-19(13-11-18)20-14-21(27)23(22(28)15-20)25(30,31)24(29)26(32,33)34/h4-7,10-15,24H,2-3,8-9H2,1H3. The molecule has 0 aliphatic rings. The molecule has 0 aliphatic carbocycles. The second kappa shape index (κ2) is 10.2. The Hall–Kier alpha value is -2.90. The second-order valence-electron chi connectivity index (χ2n) is 8.11. The van der Waals surface area contributed by atoms with Gasteiger partial charge in [-0.2, -0.15) is 22.0 Å². The van der Waals surface area contributed by atoms with E-state index >= 15 is 0 Å². The maximum Gasteiger partial charge on any atom is 0.426 e. The van der Waals surface area contributed by atoms with E-state index in [0.717, 1.165) is 30.4 Å². The molecule has 8 heteroatoms. The predicted octanol–water partition coefficient (Wildman–Crippen LogP) is 8.36. The summed E-state index contributed by atoms with van der Waals surface area (Å²) in [5, 5.41) is 0. The monoisotopic (exact) mass is 486 g/mol. The van der Waals surface area contributed by atoms with E-state index < -0.39 is 35.5 Å². The van der Waals surface area contributed by atoms with Crippen LogP contribution in [0.2, 0.25) is 0 Å². The Bertz CT molecular complexity index is 1080. The van der Waals surface area contributed by atoms with Gasteiger partial charge in [0.2, 0.25) is 0 Å². The van der Waals surface area contributed by atoms with Gasteiger partial charge in [-0.25, -0.2) is 13.2 Å². The first-order valence-corrected chi connectivity index (χ1v) is 10.7. The third kappa shape index (κ3) is 5.77. The van der Waals surface area contributed by atoms with Gasteiger partial charge in [0.05, 0.1) is 5.56 Å². The molecule has 3 rings (SSSR count). The van der Waals surface area contributed by atoms with Crippen molar-refractivity contribution in [2.75, 3.05) is 0 Å². The second-order valence-corrected chi connectivity index (χ2v) is 8.11. The highest BCUT2D eigenvalue weighted by Crippen LogP contribution is 2.44. The fourth-order valence-corrected chi connectivity index (χ4v) is 3.70. The van der Waals surface area contributed by atoms with Crippen LogP contribution in [0.3, 0.4) is 0 Å². The van der Waals surface area contributed by atoms with Crippen LogP contribution in [0.15, 0.2) is 60.7 Å². The number of benzene rings is 3. The van der Waals surface area contributed by atoms with Crippen LogP contribution in [0.4, 0.5) is 35.1 Å². The molecule has 0 heterocycles. The van der Waals surface area contributed by atoms with Crippen LogP contribution < -0.4 is 0 Å². The molecular formula is C26H22F8. The van der Waals surface area contributed by atoms with Crippen LogP contribution in [-0.4, -0.2) is 12.3 Å². The van der Waals surface area contributed by atoms with E-state index in [1.807, 2.05) is 0 Å². The smallest absolute Gasteiger partial charge is 0.230 e. The zero-order valence-corrected chi connectivity index (χ0v) is 18.2. The lowest BCUT2D eigenvalue weighted by atomic mass is 9.96. The molecule has 0 fully saturated rings. The summed E-state index contributed by atoms with van der Waals surface area (Å²) >= 11 is 0. The Kier molecular flexibility index (Phi) is 7.68. The lowest BCUT2D eigenvalue weighted by molar-refractivity contribution is -0.249. The van der Waals surface area contributed by atoms with Gasteiger partial charge in [-0.05, 0) is 59.2 Å². The van der Waals surface area contributed by atoms with E-state index in [2.05, 4.69) is 31.2 Å². The first-order valence-electron chi connectivity index (χ1n) is 10.7. The van der Waals surface area contributed by atoms with Gasteiger partial charge in [-0.15, -0.1) is 0 Å². The van der Waals surface area contributed by atoms with Gasteiger partial charge >= 0.3 is 12.1 Å². The molecule has 0 bridgehead atoms. The number of rotatable bonds is 8. The minimum Gasteiger partial charge on any atom is -0.230 e. The maximum atomic E-state index is 14.3. The third-order valence-electron chi connectivity index (χ3n) is 5.53. The molecule has 34 heavy (non-hydrogen) atoms. The van der Waals surface area contributed by atoms with Crippen molar-refractivity contribution in [2.24, 2.45) is 0 Å². The molecule has 3 aromatic carbocycles. The van der Waals surface area contributed by atoms with Crippen molar-refractivity contribution in [2.45, 2.75) is 50.9 Å². The summed E-state index contributed by atoms with van der Waals surface area (Å²) in [4.78, 5) is 0. The van der Waals surface area contributed by atoms with E-state index in [9.17, 15) is 35.1 Å². The van der Waals surface area contributed by atoms with Crippen molar-refractivity contribution in [3.05, 3.63) is 94.6 Å². The van der Waals surface area contributed by atoms with Crippen molar-refractivity contribution in [1.82, 2.24) is 0 Å². The van der Waals surface area contributed by atoms with Crippen LogP contribution in [0.25, 0.3) is 11.1 Å². The number of hydrogen-bond acceptors (Lipinski definition) is 0. The Labute approximate surface area is 192 Å². The highest BCUT2D eigenvalue weighted by Gasteiger charge is 2.59. The molecule has 3 aromatic rings. The van der Waals surface area contributed by atoms with Gasteiger partial charge in [-0.3, -0.25) is 0 Å². The summed E-state index contributed by atoms with van der Waals surface area (Å²) in [6, 6.07) is 15.7. The molecule has 0 saturated heterocycles. The van der Waals surface area contributed by atoms with Crippen LogP contribution in [-0.2, 0) is 25.2 Å². The summed E-state index contributed by atoms with van der Waals surface area (Å²) in [6.45, 7) is 2.11. The van der Waals surface area contributed by atoms with Gasteiger partial charge in [0.15, 0.2) is 0 Å². The number of halogens is 8. The van der Waals surface area contributed by atoms with Crippen molar-refractivity contribution in [1.29, 1.82) is 0 Å². The summed E-state index contributed by atoms with van der Waals surface area (Å²) in [6.07, 6.45) is -7.18. The normalized spacial score (nSPS) is 13.2. The topological polar surface area (TPSA) is 0 Å². The van der Waals surface area contributed by atoms with Crippen molar-refractivity contribution in [3.63, 3.8) is 0 Å². The number of hydrogen-bond donors (Lipinski definition) is 0. The molecule has 0 aromatic heterocycles. The quantitative estimate of drug-likeness (QED) is 0.281. The van der Waals surface area contributed by atoms with E-state index in [1.165, 1.54) is 17.7 Å². The molecule has 0 saturated carbocycles. The summed E-state index contributed by atoms with van der Waals surface area (Å²) in [5.74, 6) is -9.33. The molecule has 1 atom stereocenters. The van der Waals surface area contributed by atoms with Crippen LogP contribution in [0.1, 0.15) is 35.6 Å². The van der Waals surface area contributed by atoms with Crippen LogP contribution >= 0.6 is 0 Å². The molecule has 1 unspecified atom stereocenters. The Morgan fingerprint density at radius 3 is 1.47 bits per heavy atom. The van der Waals surface area contributed by atoms with Gasteiger partial charge in [-0.1, -0.05) is 61.9 Å². The van der Waals surface area contributed by atoms with E-state index in [4.69, 9.17) is 0 Å². The highest BCUT2D eigenvalue weighted by atomic mass is 19.4. The van der Waals surface area contributed by atoms with E-state index in [1.54, 1.807) is 12.1 Å². The fraction of sp³-hybridized carbons (Fsp3) is 0.308. The van der Waals surface area contributed by atoms with Crippen molar-refractivity contribution in [3.8, 4) is 11.1 Å². The molecule has 0 aliphatic heterocycles. The van der Waals surface area contributed by atoms with Crippen molar-refractivity contribution < 1.29 is 35.1 Å². The SMILES string of the molecule is CCCc1ccc(CCc2ccc(-c3cc(F)c(C(F)(F)C(F)C(F)(F)F)c(F)c3)cc2)cc1. The van der Waals surface area contributed by atoms with E-state index in [-0.39, 0.29) is 11.1 Å². The average Bonchev–Trinajstić information content (AvgIpc) is 2.77. The molecular weight excluding hydrogens is 464 g/mol. The van der Waals surface area contributed by atoms with Crippen LogP contribution in [0.5, 0.6) is 0 Å². The summed E-state index contributed by atoms with van der Waals surface area (Å²) < 4.78 is 107. The van der Waals surface area contributed by atoms with Gasteiger partial charge in [0.1, 0.15) is 11.6 Å². The zero-order chi connectivity index (χ0) is 25.1. The summed E-state index contributed by atoms with van der Waals surface area (Å²) in [5.41, 5.74) is 1.20. The van der Waals surface area contributed by atoms with Gasteiger partial charge < -0.3 is 0 Å². The predicted molar refractivity (Wildman–Crippen MR) is 114 cm³/mol. The molecule has 0 radical (unpaired) electrons. The maximum absolute atomic E-state index is 14.3. The van der Waals surface area contributed by atoms with Gasteiger partial charge in [0, 0.05) is 0 Å². The molecule has 0 spiro atoms. The minimum atomic E-state index is -5.98. The molecule has 182 valence electrons. The van der Waals surface area contributed by atoms with Crippen molar-refractivity contribution >= 4 is 0 Å². The third-order valence-corrected chi connectivity index (χ3v) is 5.53. The number of aryl methyl sites for hydroxylation is 3. The first-order chi connectivity index (χ1) is 15.9. The van der Waals surface area contributed by atoms with Gasteiger partial charge in [0.25, 0.3) is 6.17 Å². The van der Waals surface area contributed by atoms with Crippen LogP contribution in [0, 0.1) is 11.6 Å². The lowest BCUT2D eigenvalue weighted by Gasteiger charge is -2.24. The fourth-order valence-electron chi connectivity index (χ4n) is 3.70. The molecule has 0 nitrogen and oxygen atoms in total. The highest BCUT2D eigenvalue weighted by molar-refractivity contribution is 5.64. The Morgan fingerprint density at radius 2 is 1.06 bits per heavy atom. The summed E-state index contributed by atoms with van der Waals surface area (Å²) in [7, 11) is 0.